The van der Waals surface area contributed by atoms with Gasteiger partial charge in [-0.05, 0) is 74.4 Å². The number of hydrogen-bond acceptors (Lipinski definition) is 5. The number of halogens is 1. The lowest BCUT2D eigenvalue weighted by atomic mass is 9.95. The van der Waals surface area contributed by atoms with E-state index in [-0.39, 0.29) is 11.3 Å². The molecule has 182 valence electrons. The highest BCUT2D eigenvalue weighted by molar-refractivity contribution is 6.46. The van der Waals surface area contributed by atoms with Crippen LogP contribution in [0.15, 0.2) is 54.1 Å². The first-order valence-electron chi connectivity index (χ1n) is 11.9. The molecule has 34 heavy (non-hydrogen) atoms. The third-order valence-electron chi connectivity index (χ3n) is 6.07. The Morgan fingerprint density at radius 3 is 2.44 bits per heavy atom. The number of amides is 1. The number of benzene rings is 2. The highest BCUT2D eigenvalue weighted by Crippen LogP contribution is 2.40. The Labute approximate surface area is 206 Å². The molecule has 1 atom stereocenters. The van der Waals surface area contributed by atoms with Crippen LogP contribution in [0.25, 0.3) is 5.76 Å². The molecule has 7 heteroatoms. The van der Waals surface area contributed by atoms with E-state index in [1.165, 1.54) is 0 Å². The molecule has 1 heterocycles. The summed E-state index contributed by atoms with van der Waals surface area (Å²) in [5, 5.41) is 11.7. The number of carbonyl (C=O) groups excluding carboxylic acids is 2. The first kappa shape index (κ1) is 25.8. The van der Waals surface area contributed by atoms with E-state index in [1.54, 1.807) is 29.2 Å². The van der Waals surface area contributed by atoms with E-state index in [9.17, 15) is 14.7 Å². The largest absolute Gasteiger partial charge is 0.507 e. The molecular formula is C27H33ClN2O4. The molecule has 3 rings (SSSR count). The number of nitrogens with zero attached hydrogens (tertiary/aromatic N) is 2. The van der Waals surface area contributed by atoms with Gasteiger partial charge in [0.1, 0.15) is 11.5 Å². The fraction of sp³-hybridized carbons (Fsp3) is 0.407. The van der Waals surface area contributed by atoms with Crippen molar-refractivity contribution in [3.05, 3.63) is 70.3 Å². The second-order valence-corrected chi connectivity index (χ2v) is 8.74. The smallest absolute Gasteiger partial charge is 0.295 e. The third-order valence-corrected chi connectivity index (χ3v) is 6.32. The number of Topliss-reactive ketones (excluding diaryl/α,β-unsaturated/α-hetero) is 1. The molecule has 0 aliphatic carbocycles. The number of likely N-dealkylation sites (tertiary alicyclic amines) is 1. The zero-order valence-corrected chi connectivity index (χ0v) is 20.8. The fourth-order valence-electron chi connectivity index (χ4n) is 4.22. The van der Waals surface area contributed by atoms with Gasteiger partial charge in [0.2, 0.25) is 0 Å². The number of ketones is 1. The first-order chi connectivity index (χ1) is 16.4. The Bertz CT molecular complexity index is 1030. The molecule has 1 aliphatic rings. The lowest BCUT2D eigenvalue weighted by molar-refractivity contribution is -0.140. The van der Waals surface area contributed by atoms with Crippen LogP contribution in [0.5, 0.6) is 5.75 Å². The maximum atomic E-state index is 13.2. The summed E-state index contributed by atoms with van der Waals surface area (Å²) >= 11 is 6.00. The molecule has 2 aromatic carbocycles. The summed E-state index contributed by atoms with van der Waals surface area (Å²) in [7, 11) is 0. The minimum absolute atomic E-state index is 0.0859. The SMILES string of the molecule is CCCOc1cccc([C@@H]2C(=C(O)c3ccc(Cl)cc3)C(=O)C(=O)N2CCCN(CC)CC)c1. The fourth-order valence-corrected chi connectivity index (χ4v) is 4.35. The molecule has 1 amide bonds. The van der Waals surface area contributed by atoms with Crippen molar-refractivity contribution in [3.8, 4) is 5.75 Å². The minimum Gasteiger partial charge on any atom is -0.507 e. The van der Waals surface area contributed by atoms with Gasteiger partial charge in [0.05, 0.1) is 18.2 Å². The summed E-state index contributed by atoms with van der Waals surface area (Å²) in [6.07, 6.45) is 1.59. The van der Waals surface area contributed by atoms with Crippen molar-refractivity contribution < 1.29 is 19.4 Å². The average Bonchev–Trinajstić information content (AvgIpc) is 3.10. The number of aliphatic hydroxyl groups excluding tert-OH is 1. The van der Waals surface area contributed by atoms with Gasteiger partial charge in [-0.2, -0.15) is 0 Å². The molecule has 1 aliphatic heterocycles. The molecule has 0 bridgehead atoms. The van der Waals surface area contributed by atoms with Crippen molar-refractivity contribution in [2.24, 2.45) is 0 Å². The third kappa shape index (κ3) is 5.80. The summed E-state index contributed by atoms with van der Waals surface area (Å²) in [5.74, 6) is -0.814. The maximum absolute atomic E-state index is 13.2. The number of carbonyl (C=O) groups is 2. The van der Waals surface area contributed by atoms with Gasteiger partial charge >= 0.3 is 0 Å². The summed E-state index contributed by atoms with van der Waals surface area (Å²) in [6, 6.07) is 13.3. The predicted molar refractivity (Wildman–Crippen MR) is 135 cm³/mol. The zero-order chi connectivity index (χ0) is 24.7. The number of rotatable bonds is 11. The van der Waals surface area contributed by atoms with Crippen LogP contribution in [-0.2, 0) is 9.59 Å². The highest BCUT2D eigenvalue weighted by Gasteiger charge is 2.45. The van der Waals surface area contributed by atoms with Gasteiger partial charge in [-0.1, -0.05) is 44.5 Å². The van der Waals surface area contributed by atoms with E-state index in [0.717, 1.165) is 38.0 Å². The van der Waals surface area contributed by atoms with Crippen LogP contribution in [0.4, 0.5) is 0 Å². The van der Waals surface area contributed by atoms with Crippen LogP contribution in [0.1, 0.15) is 50.8 Å². The van der Waals surface area contributed by atoms with Gasteiger partial charge in [-0.3, -0.25) is 9.59 Å². The van der Waals surface area contributed by atoms with Crippen LogP contribution >= 0.6 is 11.6 Å². The van der Waals surface area contributed by atoms with Gasteiger partial charge in [0.15, 0.2) is 0 Å². The molecule has 0 radical (unpaired) electrons. The van der Waals surface area contributed by atoms with Crippen LogP contribution in [0, 0.1) is 0 Å². The number of aliphatic hydroxyl groups is 1. The Morgan fingerprint density at radius 2 is 1.79 bits per heavy atom. The van der Waals surface area contributed by atoms with Gasteiger partial charge in [0, 0.05) is 17.1 Å². The van der Waals surface area contributed by atoms with Gasteiger partial charge in [-0.15, -0.1) is 0 Å². The van der Waals surface area contributed by atoms with E-state index in [1.807, 2.05) is 31.2 Å². The molecule has 1 saturated heterocycles. The Hall–Kier alpha value is -2.83. The van der Waals surface area contributed by atoms with Gasteiger partial charge in [-0.25, -0.2) is 0 Å². The second-order valence-electron chi connectivity index (χ2n) is 8.30. The lowest BCUT2D eigenvalue weighted by Gasteiger charge is -2.27. The Balaban J connectivity index is 2.03. The van der Waals surface area contributed by atoms with E-state index < -0.39 is 17.7 Å². The monoisotopic (exact) mass is 484 g/mol. The lowest BCUT2D eigenvalue weighted by Crippen LogP contribution is -2.33. The molecule has 2 aromatic rings. The van der Waals surface area contributed by atoms with Crippen LogP contribution in [0.2, 0.25) is 5.02 Å². The molecule has 1 N–H and O–H groups in total. The molecular weight excluding hydrogens is 452 g/mol. The molecule has 0 spiro atoms. The zero-order valence-electron chi connectivity index (χ0n) is 20.1. The molecule has 0 saturated carbocycles. The van der Waals surface area contributed by atoms with Crippen LogP contribution in [-0.4, -0.2) is 59.4 Å². The van der Waals surface area contributed by atoms with Crippen molar-refractivity contribution in [2.45, 2.75) is 39.7 Å². The van der Waals surface area contributed by atoms with E-state index in [4.69, 9.17) is 16.3 Å². The van der Waals surface area contributed by atoms with E-state index >= 15 is 0 Å². The average molecular weight is 485 g/mol. The standard InChI is InChI=1S/C27H33ClN2O4/c1-4-17-34-22-10-7-9-20(18-22)24-23(25(31)19-11-13-21(28)14-12-19)26(32)27(33)30(24)16-8-15-29(5-2)6-3/h7,9-14,18,24,31H,4-6,8,15-17H2,1-3H3/t24-/m1/s1. The Kier molecular flexibility index (Phi) is 9.13. The number of hydrogen-bond donors (Lipinski definition) is 1. The minimum atomic E-state index is -0.697. The normalized spacial score (nSPS) is 17.6. The Morgan fingerprint density at radius 1 is 1.09 bits per heavy atom. The highest BCUT2D eigenvalue weighted by atomic mass is 35.5. The van der Waals surface area contributed by atoms with Crippen LogP contribution < -0.4 is 4.74 Å². The van der Waals surface area contributed by atoms with Crippen molar-refractivity contribution >= 4 is 29.1 Å². The number of ether oxygens (including phenoxy) is 1. The van der Waals surface area contributed by atoms with Crippen molar-refractivity contribution in [2.75, 3.05) is 32.8 Å². The first-order valence-corrected chi connectivity index (χ1v) is 12.3. The topological polar surface area (TPSA) is 70.1 Å². The second kappa shape index (κ2) is 12.0. The van der Waals surface area contributed by atoms with Gasteiger partial charge < -0.3 is 19.6 Å². The summed E-state index contributed by atoms with van der Waals surface area (Å²) < 4.78 is 5.79. The quantitative estimate of drug-likeness (QED) is 0.267. The van der Waals surface area contributed by atoms with E-state index in [2.05, 4.69) is 18.7 Å². The van der Waals surface area contributed by atoms with Crippen LogP contribution in [0.3, 0.4) is 0 Å². The van der Waals surface area contributed by atoms with Gasteiger partial charge in [0.25, 0.3) is 11.7 Å². The molecule has 1 fully saturated rings. The molecule has 0 unspecified atom stereocenters. The summed E-state index contributed by atoms with van der Waals surface area (Å²) in [4.78, 5) is 30.1. The van der Waals surface area contributed by atoms with Crippen molar-refractivity contribution in [1.82, 2.24) is 9.80 Å². The molecule has 6 nitrogen and oxygen atoms in total. The maximum Gasteiger partial charge on any atom is 0.295 e. The van der Waals surface area contributed by atoms with Crippen molar-refractivity contribution in [1.29, 1.82) is 0 Å². The summed E-state index contributed by atoms with van der Waals surface area (Å²) in [5.41, 5.74) is 1.25. The summed E-state index contributed by atoms with van der Waals surface area (Å²) in [6.45, 7) is 9.87. The van der Waals surface area contributed by atoms with Crippen molar-refractivity contribution in [3.63, 3.8) is 0 Å². The molecule has 0 aromatic heterocycles. The van der Waals surface area contributed by atoms with E-state index in [0.29, 0.717) is 29.5 Å². The predicted octanol–water partition coefficient (Wildman–Crippen LogP) is 5.28.